The molecule has 0 aromatic heterocycles. The molecule has 0 amide bonds. The fourth-order valence-corrected chi connectivity index (χ4v) is 5.91. The Morgan fingerprint density at radius 2 is 2.00 bits per heavy atom. The second kappa shape index (κ2) is 5.14. The van der Waals surface area contributed by atoms with Crippen LogP contribution < -0.4 is 0 Å². The fourth-order valence-electron chi connectivity index (χ4n) is 3.43. The Labute approximate surface area is 130 Å². The van der Waals surface area contributed by atoms with Crippen LogP contribution in [0.4, 0.5) is 8.78 Å². The lowest BCUT2D eigenvalue weighted by Crippen LogP contribution is -2.38. The molecule has 22 heavy (non-hydrogen) atoms. The minimum Gasteiger partial charge on any atom is -0.481 e. The SMILES string of the molecule is O=C(O)C1CC2CCC1N2S(=O)(=O)c1c(Cl)ccc(F)c1F. The van der Waals surface area contributed by atoms with Gasteiger partial charge in [0.1, 0.15) is 4.90 Å². The number of aliphatic carboxylic acids is 1. The van der Waals surface area contributed by atoms with E-state index in [0.717, 1.165) is 16.4 Å². The van der Waals surface area contributed by atoms with Crippen LogP contribution in [-0.4, -0.2) is 35.9 Å². The van der Waals surface area contributed by atoms with Crippen LogP contribution in [0.5, 0.6) is 0 Å². The van der Waals surface area contributed by atoms with Crippen LogP contribution in [0.15, 0.2) is 17.0 Å². The average Bonchev–Trinajstić information content (AvgIpc) is 3.01. The van der Waals surface area contributed by atoms with Gasteiger partial charge in [-0.25, -0.2) is 17.2 Å². The molecule has 0 aliphatic carbocycles. The van der Waals surface area contributed by atoms with E-state index < -0.39 is 55.5 Å². The maximum absolute atomic E-state index is 14.0. The van der Waals surface area contributed by atoms with Crippen LogP contribution in [0.1, 0.15) is 19.3 Å². The summed E-state index contributed by atoms with van der Waals surface area (Å²) < 4.78 is 53.7. The van der Waals surface area contributed by atoms with E-state index in [1.165, 1.54) is 0 Å². The topological polar surface area (TPSA) is 74.7 Å². The lowest BCUT2D eigenvalue weighted by molar-refractivity contribution is -0.142. The molecule has 5 nitrogen and oxygen atoms in total. The van der Waals surface area contributed by atoms with Crippen LogP contribution in [0.25, 0.3) is 0 Å². The van der Waals surface area contributed by atoms with Crippen molar-refractivity contribution in [1.82, 2.24) is 4.31 Å². The number of benzene rings is 1. The van der Waals surface area contributed by atoms with Gasteiger partial charge < -0.3 is 5.11 Å². The number of carbonyl (C=O) groups is 1. The van der Waals surface area contributed by atoms with Gasteiger partial charge >= 0.3 is 5.97 Å². The molecule has 2 saturated heterocycles. The van der Waals surface area contributed by atoms with E-state index in [0.29, 0.717) is 12.8 Å². The summed E-state index contributed by atoms with van der Waals surface area (Å²) >= 11 is 5.75. The number of hydrogen-bond donors (Lipinski definition) is 1. The third kappa shape index (κ3) is 2.12. The summed E-state index contributed by atoms with van der Waals surface area (Å²) in [6.07, 6.45) is 1.06. The highest BCUT2D eigenvalue weighted by atomic mass is 35.5. The van der Waals surface area contributed by atoms with Crippen molar-refractivity contribution in [3.05, 3.63) is 28.8 Å². The number of rotatable bonds is 3. The van der Waals surface area contributed by atoms with Crippen molar-refractivity contribution >= 4 is 27.6 Å². The smallest absolute Gasteiger partial charge is 0.308 e. The summed E-state index contributed by atoms with van der Waals surface area (Å²) in [6.45, 7) is 0. The molecule has 2 heterocycles. The van der Waals surface area contributed by atoms with Crippen molar-refractivity contribution in [3.8, 4) is 0 Å². The summed E-state index contributed by atoms with van der Waals surface area (Å²) in [7, 11) is -4.40. The first-order chi connectivity index (χ1) is 10.2. The lowest BCUT2D eigenvalue weighted by atomic mass is 9.89. The highest BCUT2D eigenvalue weighted by Gasteiger charge is 2.55. The Balaban J connectivity index is 2.09. The van der Waals surface area contributed by atoms with E-state index >= 15 is 0 Å². The maximum atomic E-state index is 14.0. The van der Waals surface area contributed by atoms with Crippen molar-refractivity contribution in [2.45, 2.75) is 36.2 Å². The molecule has 2 aliphatic heterocycles. The minimum atomic E-state index is -4.40. The number of hydrogen-bond acceptors (Lipinski definition) is 3. The van der Waals surface area contributed by atoms with Gasteiger partial charge in [-0.2, -0.15) is 4.31 Å². The van der Waals surface area contributed by atoms with Crippen LogP contribution in [0, 0.1) is 17.6 Å². The largest absolute Gasteiger partial charge is 0.481 e. The standard InChI is InChI=1S/C13H12ClF2NO4S/c14-8-2-3-9(15)11(16)12(8)22(20,21)17-6-1-4-10(17)7(5-6)13(18)19/h2-3,6-7,10H,1,4-5H2,(H,18,19). The number of carboxylic acids is 1. The molecule has 0 spiro atoms. The first kappa shape index (κ1) is 15.6. The van der Waals surface area contributed by atoms with Gasteiger partial charge in [-0.05, 0) is 31.4 Å². The first-order valence-corrected chi connectivity index (χ1v) is 8.46. The molecule has 3 unspecified atom stereocenters. The van der Waals surface area contributed by atoms with Crippen molar-refractivity contribution < 1.29 is 27.1 Å². The van der Waals surface area contributed by atoms with Gasteiger partial charge in [-0.15, -0.1) is 0 Å². The molecule has 3 atom stereocenters. The number of carboxylic acid groups (broad SMARTS) is 1. The molecule has 120 valence electrons. The van der Waals surface area contributed by atoms with Gasteiger partial charge in [0.25, 0.3) is 0 Å². The lowest BCUT2D eigenvalue weighted by Gasteiger charge is -2.23. The molecule has 2 bridgehead atoms. The van der Waals surface area contributed by atoms with Gasteiger partial charge in [-0.3, -0.25) is 4.79 Å². The molecule has 1 N–H and O–H groups in total. The maximum Gasteiger partial charge on any atom is 0.308 e. The van der Waals surface area contributed by atoms with Gasteiger partial charge in [0.05, 0.1) is 10.9 Å². The minimum absolute atomic E-state index is 0.174. The predicted molar refractivity (Wildman–Crippen MR) is 72.9 cm³/mol. The van der Waals surface area contributed by atoms with Crippen LogP contribution >= 0.6 is 11.6 Å². The Hall–Kier alpha value is -1.25. The zero-order valence-electron chi connectivity index (χ0n) is 11.2. The molecule has 1 aromatic rings. The third-order valence-corrected chi connectivity index (χ3v) is 6.79. The first-order valence-electron chi connectivity index (χ1n) is 6.65. The van der Waals surface area contributed by atoms with Crippen molar-refractivity contribution in [2.24, 2.45) is 5.92 Å². The van der Waals surface area contributed by atoms with E-state index in [-0.39, 0.29) is 6.42 Å². The van der Waals surface area contributed by atoms with Crippen LogP contribution in [0.3, 0.4) is 0 Å². The molecule has 2 fully saturated rings. The molecule has 2 aliphatic rings. The predicted octanol–water partition coefficient (Wildman–Crippen LogP) is 2.24. The Morgan fingerprint density at radius 1 is 1.32 bits per heavy atom. The molecule has 0 saturated carbocycles. The van der Waals surface area contributed by atoms with Gasteiger partial charge in [0.2, 0.25) is 10.0 Å². The summed E-state index contributed by atoms with van der Waals surface area (Å²) in [6, 6.07) is 0.454. The zero-order chi connectivity index (χ0) is 16.2. The summed E-state index contributed by atoms with van der Waals surface area (Å²) in [5.41, 5.74) is 0. The normalized spacial score (nSPS) is 28.2. The van der Waals surface area contributed by atoms with Crippen LogP contribution in [0.2, 0.25) is 5.02 Å². The van der Waals surface area contributed by atoms with Crippen LogP contribution in [-0.2, 0) is 14.8 Å². The number of nitrogens with zero attached hydrogens (tertiary/aromatic N) is 1. The van der Waals surface area contributed by atoms with Crippen molar-refractivity contribution in [3.63, 3.8) is 0 Å². The second-order valence-corrected chi connectivity index (χ2v) is 7.67. The Bertz CT molecular complexity index is 755. The molecule has 3 rings (SSSR count). The molecule has 9 heteroatoms. The van der Waals surface area contributed by atoms with Gasteiger partial charge in [0, 0.05) is 12.1 Å². The quantitative estimate of drug-likeness (QED) is 0.847. The Kier molecular flexibility index (Phi) is 3.65. The van der Waals surface area contributed by atoms with E-state index in [4.69, 9.17) is 16.7 Å². The summed E-state index contributed by atoms with van der Waals surface area (Å²) in [4.78, 5) is 10.3. The Morgan fingerprint density at radius 3 is 2.59 bits per heavy atom. The number of fused-ring (bicyclic) bond motifs is 2. The highest BCUT2D eigenvalue weighted by Crippen LogP contribution is 2.46. The van der Waals surface area contributed by atoms with E-state index in [2.05, 4.69) is 0 Å². The molecule has 0 radical (unpaired) electrons. The number of sulfonamides is 1. The monoisotopic (exact) mass is 351 g/mol. The van der Waals surface area contributed by atoms with E-state index in [9.17, 15) is 22.0 Å². The van der Waals surface area contributed by atoms with Gasteiger partial charge in [0.15, 0.2) is 11.6 Å². The molecule has 1 aromatic carbocycles. The summed E-state index contributed by atoms with van der Waals surface area (Å²) in [5, 5.41) is 8.74. The van der Waals surface area contributed by atoms with Crippen molar-refractivity contribution in [2.75, 3.05) is 0 Å². The summed E-state index contributed by atoms with van der Waals surface area (Å²) in [5.74, 6) is -4.77. The van der Waals surface area contributed by atoms with E-state index in [1.54, 1.807) is 0 Å². The third-order valence-electron chi connectivity index (χ3n) is 4.33. The fraction of sp³-hybridized carbons (Fsp3) is 0.462. The molecular weight excluding hydrogens is 340 g/mol. The highest BCUT2D eigenvalue weighted by molar-refractivity contribution is 7.89. The zero-order valence-corrected chi connectivity index (χ0v) is 12.7. The van der Waals surface area contributed by atoms with Gasteiger partial charge in [-0.1, -0.05) is 11.6 Å². The average molecular weight is 352 g/mol. The molecular formula is C13H12ClF2NO4S. The second-order valence-electron chi connectivity index (χ2n) is 5.49. The van der Waals surface area contributed by atoms with Crippen molar-refractivity contribution in [1.29, 1.82) is 0 Å². The number of halogens is 3. The van der Waals surface area contributed by atoms with E-state index in [1.807, 2.05) is 0 Å².